The summed E-state index contributed by atoms with van der Waals surface area (Å²) in [6, 6.07) is 5.29. The molecule has 0 spiro atoms. The summed E-state index contributed by atoms with van der Waals surface area (Å²) in [5, 5.41) is 2.16. The first-order chi connectivity index (χ1) is 9.38. The Hall–Kier alpha value is -2.02. The monoisotopic (exact) mass is 344 g/mol. The number of carbonyl (C=O) groups is 1. The van der Waals surface area contributed by atoms with Gasteiger partial charge in [0.1, 0.15) is 5.82 Å². The maximum atomic E-state index is 13.4. The largest absolute Gasteiger partial charge is 0.398 e. The van der Waals surface area contributed by atoms with Gasteiger partial charge in [-0.25, -0.2) is 13.2 Å². The molecule has 0 atom stereocenters. The van der Waals surface area contributed by atoms with Gasteiger partial charge in [0.25, 0.3) is 5.91 Å². The van der Waals surface area contributed by atoms with Gasteiger partial charge < -0.3 is 11.1 Å². The number of hydrogen-bond acceptors (Lipinski definition) is 2. The number of benzene rings is 2. The fraction of sp³-hybridized carbons (Fsp3) is 0. The van der Waals surface area contributed by atoms with Gasteiger partial charge in [0.2, 0.25) is 0 Å². The molecule has 7 heteroatoms. The van der Waals surface area contributed by atoms with Crippen LogP contribution in [0.25, 0.3) is 0 Å². The van der Waals surface area contributed by atoms with Crippen LogP contribution in [0.1, 0.15) is 10.4 Å². The van der Waals surface area contributed by atoms with Gasteiger partial charge in [0, 0.05) is 27.9 Å². The zero-order chi connectivity index (χ0) is 14.9. The molecule has 2 aromatic rings. The first kappa shape index (κ1) is 14.4. The molecule has 2 rings (SSSR count). The predicted molar refractivity (Wildman–Crippen MR) is 72.8 cm³/mol. The van der Waals surface area contributed by atoms with E-state index in [4.69, 9.17) is 5.73 Å². The van der Waals surface area contributed by atoms with Crippen molar-refractivity contribution in [1.29, 1.82) is 0 Å². The predicted octanol–water partition coefficient (Wildman–Crippen LogP) is 3.70. The summed E-state index contributed by atoms with van der Waals surface area (Å²) in [6.45, 7) is 0. The smallest absolute Gasteiger partial charge is 0.255 e. The number of nitrogens with two attached hydrogens (primary N) is 1. The highest BCUT2D eigenvalue weighted by Crippen LogP contribution is 2.22. The number of amides is 1. The van der Waals surface area contributed by atoms with Crippen LogP contribution in [0.2, 0.25) is 0 Å². The quantitative estimate of drug-likeness (QED) is 0.644. The standard InChI is InChI=1S/C13H8BrF3N2O/c14-7-3-6(1-2-11(7)18)13(20)19-12-5-9(16)8(15)4-10(12)17/h1-5H,18H2,(H,19,20). The summed E-state index contributed by atoms with van der Waals surface area (Å²) in [7, 11) is 0. The molecule has 0 saturated heterocycles. The second-order valence-corrected chi connectivity index (χ2v) is 4.79. The third-order valence-corrected chi connectivity index (χ3v) is 3.21. The number of halogens is 4. The van der Waals surface area contributed by atoms with Crippen LogP contribution in [0.3, 0.4) is 0 Å². The third-order valence-electron chi connectivity index (χ3n) is 2.52. The minimum absolute atomic E-state index is 0.190. The lowest BCUT2D eigenvalue weighted by Gasteiger charge is -2.08. The second-order valence-electron chi connectivity index (χ2n) is 3.94. The molecule has 1 amide bonds. The van der Waals surface area contributed by atoms with Crippen LogP contribution in [0.15, 0.2) is 34.8 Å². The van der Waals surface area contributed by atoms with E-state index in [1.807, 2.05) is 0 Å². The summed E-state index contributed by atoms with van der Waals surface area (Å²) >= 11 is 3.15. The highest BCUT2D eigenvalue weighted by Gasteiger charge is 2.14. The molecule has 0 aliphatic heterocycles. The normalized spacial score (nSPS) is 10.4. The number of carbonyl (C=O) groups excluding carboxylic acids is 1. The fourth-order valence-corrected chi connectivity index (χ4v) is 1.86. The minimum Gasteiger partial charge on any atom is -0.398 e. The molecule has 20 heavy (non-hydrogen) atoms. The maximum absolute atomic E-state index is 13.4. The summed E-state index contributed by atoms with van der Waals surface area (Å²) in [5.41, 5.74) is 5.75. The summed E-state index contributed by atoms with van der Waals surface area (Å²) in [4.78, 5) is 11.9. The average Bonchev–Trinajstić information content (AvgIpc) is 2.39. The first-order valence-electron chi connectivity index (χ1n) is 5.39. The first-order valence-corrected chi connectivity index (χ1v) is 6.18. The molecule has 0 aliphatic carbocycles. The van der Waals surface area contributed by atoms with E-state index in [9.17, 15) is 18.0 Å². The van der Waals surface area contributed by atoms with Crippen molar-refractivity contribution in [2.75, 3.05) is 11.1 Å². The Labute approximate surface area is 120 Å². The van der Waals surface area contributed by atoms with Gasteiger partial charge in [-0.1, -0.05) is 0 Å². The molecule has 0 aromatic heterocycles. The molecule has 2 aromatic carbocycles. The van der Waals surface area contributed by atoms with E-state index in [2.05, 4.69) is 21.2 Å². The average molecular weight is 345 g/mol. The fourth-order valence-electron chi connectivity index (χ4n) is 1.48. The Balaban J connectivity index is 2.27. The number of anilines is 2. The zero-order valence-corrected chi connectivity index (χ0v) is 11.5. The minimum atomic E-state index is -1.32. The van der Waals surface area contributed by atoms with E-state index in [1.54, 1.807) is 0 Å². The number of nitrogen functional groups attached to an aromatic ring is 1. The van der Waals surface area contributed by atoms with Crippen molar-refractivity contribution in [3.8, 4) is 0 Å². The summed E-state index contributed by atoms with van der Waals surface area (Å²) < 4.78 is 39.7. The highest BCUT2D eigenvalue weighted by atomic mass is 79.9. The van der Waals surface area contributed by atoms with Crippen LogP contribution in [0.4, 0.5) is 24.5 Å². The highest BCUT2D eigenvalue weighted by molar-refractivity contribution is 9.10. The molecule has 0 radical (unpaired) electrons. The van der Waals surface area contributed by atoms with Crippen molar-refractivity contribution in [1.82, 2.24) is 0 Å². The Morgan fingerprint density at radius 1 is 1.05 bits per heavy atom. The Morgan fingerprint density at radius 2 is 1.70 bits per heavy atom. The van der Waals surface area contributed by atoms with Gasteiger partial charge in [-0.05, 0) is 34.1 Å². The van der Waals surface area contributed by atoms with Crippen molar-refractivity contribution in [2.45, 2.75) is 0 Å². The number of nitrogens with one attached hydrogen (secondary N) is 1. The molecular formula is C13H8BrF3N2O. The SMILES string of the molecule is Nc1ccc(C(=O)Nc2cc(F)c(F)cc2F)cc1Br. The molecule has 3 nitrogen and oxygen atoms in total. The van der Waals surface area contributed by atoms with E-state index < -0.39 is 29.0 Å². The Bertz CT molecular complexity index is 692. The van der Waals surface area contributed by atoms with Crippen molar-refractivity contribution in [3.05, 3.63) is 57.8 Å². The zero-order valence-electron chi connectivity index (χ0n) is 9.88. The maximum Gasteiger partial charge on any atom is 0.255 e. The lowest BCUT2D eigenvalue weighted by Crippen LogP contribution is -2.13. The molecule has 0 fully saturated rings. The van der Waals surface area contributed by atoms with E-state index in [-0.39, 0.29) is 5.56 Å². The Kier molecular flexibility index (Phi) is 3.99. The van der Waals surface area contributed by atoms with E-state index in [0.29, 0.717) is 22.3 Å². The van der Waals surface area contributed by atoms with Crippen LogP contribution < -0.4 is 11.1 Å². The summed E-state index contributed by atoms with van der Waals surface area (Å²) in [5.74, 6) is -4.31. The van der Waals surface area contributed by atoms with Crippen LogP contribution in [-0.2, 0) is 0 Å². The van der Waals surface area contributed by atoms with Crippen molar-refractivity contribution >= 4 is 33.2 Å². The van der Waals surface area contributed by atoms with Crippen molar-refractivity contribution in [3.63, 3.8) is 0 Å². The molecule has 0 bridgehead atoms. The van der Waals surface area contributed by atoms with Crippen LogP contribution in [-0.4, -0.2) is 5.91 Å². The van der Waals surface area contributed by atoms with E-state index in [1.165, 1.54) is 18.2 Å². The van der Waals surface area contributed by atoms with Crippen molar-refractivity contribution < 1.29 is 18.0 Å². The molecular weight excluding hydrogens is 337 g/mol. The van der Waals surface area contributed by atoms with Crippen molar-refractivity contribution in [2.24, 2.45) is 0 Å². The van der Waals surface area contributed by atoms with Gasteiger partial charge >= 0.3 is 0 Å². The second kappa shape index (κ2) is 5.54. The summed E-state index contributed by atoms with van der Waals surface area (Å²) in [6.07, 6.45) is 0. The van der Waals surface area contributed by atoms with Gasteiger partial charge in [-0.3, -0.25) is 4.79 Å². The van der Waals surface area contributed by atoms with Crippen LogP contribution in [0.5, 0.6) is 0 Å². The van der Waals surface area contributed by atoms with E-state index >= 15 is 0 Å². The topological polar surface area (TPSA) is 55.1 Å². The van der Waals surface area contributed by atoms with Crippen LogP contribution in [0, 0.1) is 17.5 Å². The number of hydrogen-bond donors (Lipinski definition) is 2. The van der Waals surface area contributed by atoms with E-state index in [0.717, 1.165) is 0 Å². The lowest BCUT2D eigenvalue weighted by molar-refractivity contribution is 0.102. The van der Waals surface area contributed by atoms with Gasteiger partial charge in [0.15, 0.2) is 11.6 Å². The Morgan fingerprint density at radius 3 is 2.35 bits per heavy atom. The molecule has 3 N–H and O–H groups in total. The molecule has 0 heterocycles. The molecule has 104 valence electrons. The third kappa shape index (κ3) is 2.93. The van der Waals surface area contributed by atoms with Gasteiger partial charge in [-0.15, -0.1) is 0 Å². The van der Waals surface area contributed by atoms with Gasteiger partial charge in [0.05, 0.1) is 5.69 Å². The molecule has 0 unspecified atom stereocenters. The molecule has 0 aliphatic rings. The van der Waals surface area contributed by atoms with Gasteiger partial charge in [-0.2, -0.15) is 0 Å². The number of rotatable bonds is 2. The lowest BCUT2D eigenvalue weighted by atomic mass is 10.2. The molecule has 0 saturated carbocycles. The van der Waals surface area contributed by atoms with Crippen LogP contribution >= 0.6 is 15.9 Å².